The third kappa shape index (κ3) is 9.07. The summed E-state index contributed by atoms with van der Waals surface area (Å²) in [6, 6.07) is 11.3. The Labute approximate surface area is 234 Å². The molecule has 41 heavy (non-hydrogen) atoms. The van der Waals surface area contributed by atoms with Crippen LogP contribution in [0.3, 0.4) is 0 Å². The molecular weight excluding hydrogens is 579 g/mol. The molecule has 0 radical (unpaired) electrons. The number of allylic oxidation sites excluding steroid dienone is 2. The Morgan fingerprint density at radius 1 is 0.561 bits per heavy atom. The first-order valence-electron chi connectivity index (χ1n) is 11.7. The van der Waals surface area contributed by atoms with E-state index < -0.39 is 7.81 Å². The number of hydrogen-bond donors (Lipinski definition) is 0. The van der Waals surface area contributed by atoms with Gasteiger partial charge in [0, 0.05) is 5.57 Å². The summed E-state index contributed by atoms with van der Waals surface area (Å²) in [5.74, 6) is 3.68. The summed E-state index contributed by atoms with van der Waals surface area (Å²) in [7, 11) is 3.03. The molecule has 7 nitrogen and oxygen atoms in total. The van der Waals surface area contributed by atoms with Crippen LogP contribution in [0.4, 0.5) is 25.2 Å². The molecule has 0 aromatic heterocycles. The van der Waals surface area contributed by atoms with Gasteiger partial charge in [-0.15, -0.1) is 0 Å². The predicted octanol–water partition coefficient (Wildman–Crippen LogP) is 7.69. The minimum atomic E-state index is -10.7. The van der Waals surface area contributed by atoms with Crippen molar-refractivity contribution in [2.24, 2.45) is 0 Å². The monoisotopic (exact) mass is 611 g/mol. The van der Waals surface area contributed by atoms with Crippen molar-refractivity contribution in [1.82, 2.24) is 0 Å². The quantitative estimate of drug-likeness (QED) is 0.173. The molecule has 0 spiro atoms. The number of methoxy groups -OCH3 is 6. The van der Waals surface area contributed by atoms with Crippen LogP contribution in [-0.4, -0.2) is 67.0 Å². The fourth-order valence-electron chi connectivity index (χ4n) is 3.97. The van der Waals surface area contributed by atoms with Crippen LogP contribution in [0.25, 0.3) is 5.57 Å². The topological polar surface area (TPSA) is 58.4 Å². The Balaban J connectivity index is 0.000000745. The van der Waals surface area contributed by atoms with E-state index in [1.807, 2.05) is 67.2 Å². The molecule has 14 heteroatoms. The van der Waals surface area contributed by atoms with Gasteiger partial charge in [0.1, 0.15) is 48.6 Å². The van der Waals surface area contributed by atoms with Crippen molar-refractivity contribution in [1.29, 1.82) is 0 Å². The van der Waals surface area contributed by atoms with E-state index in [2.05, 4.69) is 0 Å². The van der Waals surface area contributed by atoms with Gasteiger partial charge in [0.05, 0.1) is 71.5 Å². The second-order valence-electron chi connectivity index (χ2n) is 8.53. The number of halogens is 6. The maximum atomic E-state index is 9.87. The molecule has 1 aliphatic rings. The third-order valence-corrected chi connectivity index (χ3v) is 5.61. The van der Waals surface area contributed by atoms with Gasteiger partial charge in [-0.2, -0.15) is 0 Å². The zero-order valence-electron chi connectivity index (χ0n) is 23.7. The molecule has 0 unspecified atom stereocenters. The zero-order valence-corrected chi connectivity index (χ0v) is 24.6. The number of benzene rings is 2. The number of ether oxygens (including phenoxy) is 6. The average molecular weight is 612 g/mol. The Morgan fingerprint density at radius 2 is 0.854 bits per heavy atom. The molecule has 0 saturated carbocycles. The first-order valence-corrected chi connectivity index (χ1v) is 13.7. The first kappa shape index (κ1) is 33.3. The summed E-state index contributed by atoms with van der Waals surface area (Å²) in [5.41, 5.74) is 3.79. The van der Waals surface area contributed by atoms with Gasteiger partial charge in [-0.3, -0.25) is 0 Å². The standard InChI is InChI=1S/C27H32NO6.F6P/c1-28(2)17-15-22(33-7)26(23(16-17)34-8)27(24-18(29-3)11-9-12-19(24)30-4)25-20(31-5)13-10-14-21(25)32-6;1-7(2,3,4,5)6/h9-16H,1-8H3;/q+1;-1. The summed E-state index contributed by atoms with van der Waals surface area (Å²) in [6.07, 6.45) is 3.92. The first-order chi connectivity index (χ1) is 18.9. The van der Waals surface area contributed by atoms with Gasteiger partial charge >= 0.3 is 33.0 Å². The number of hydrogen-bond acceptors (Lipinski definition) is 6. The second kappa shape index (κ2) is 11.9. The van der Waals surface area contributed by atoms with Crippen molar-refractivity contribution >= 4 is 19.1 Å². The molecule has 0 atom stereocenters. The summed E-state index contributed by atoms with van der Waals surface area (Å²) >= 11 is 0. The Hall–Kier alpha value is -3.86. The molecule has 1 aliphatic carbocycles. The molecule has 0 heterocycles. The van der Waals surface area contributed by atoms with Crippen molar-refractivity contribution in [3.63, 3.8) is 0 Å². The van der Waals surface area contributed by atoms with E-state index in [4.69, 9.17) is 28.4 Å². The molecule has 228 valence electrons. The van der Waals surface area contributed by atoms with E-state index in [9.17, 15) is 25.2 Å². The van der Waals surface area contributed by atoms with E-state index in [0.717, 1.165) is 11.3 Å². The number of rotatable bonds is 8. The van der Waals surface area contributed by atoms with Gasteiger partial charge in [-0.05, 0) is 24.3 Å². The fraction of sp³-hybridized carbons (Fsp3) is 0.296. The molecule has 0 saturated heterocycles. The predicted molar refractivity (Wildman–Crippen MR) is 146 cm³/mol. The van der Waals surface area contributed by atoms with Crippen LogP contribution in [0, 0.1) is 0 Å². The van der Waals surface area contributed by atoms with Crippen LogP contribution < -0.4 is 18.9 Å². The van der Waals surface area contributed by atoms with Crippen LogP contribution in [0.15, 0.2) is 65.6 Å². The van der Waals surface area contributed by atoms with Gasteiger partial charge in [-0.25, -0.2) is 4.58 Å². The fourth-order valence-corrected chi connectivity index (χ4v) is 3.97. The summed E-state index contributed by atoms with van der Waals surface area (Å²) in [6.45, 7) is 0. The van der Waals surface area contributed by atoms with Crippen LogP contribution in [0.5, 0.6) is 23.0 Å². The molecule has 0 amide bonds. The maximum absolute atomic E-state index is 10.7. The van der Waals surface area contributed by atoms with Gasteiger partial charge in [0.15, 0.2) is 0 Å². The minimum absolute atomic E-state index is 0.610. The molecule has 3 rings (SSSR count). The van der Waals surface area contributed by atoms with E-state index in [-0.39, 0.29) is 0 Å². The van der Waals surface area contributed by atoms with Crippen molar-refractivity contribution < 1.29 is 58.2 Å². The van der Waals surface area contributed by atoms with Crippen molar-refractivity contribution in [3.05, 3.63) is 76.8 Å². The van der Waals surface area contributed by atoms with E-state index in [0.29, 0.717) is 51.2 Å². The summed E-state index contributed by atoms with van der Waals surface area (Å²) < 4.78 is 96.2. The molecule has 0 N–H and O–H groups in total. The Kier molecular flexibility index (Phi) is 9.71. The normalized spacial score (nSPS) is 14.7. The zero-order chi connectivity index (χ0) is 31.2. The van der Waals surface area contributed by atoms with Crippen LogP contribution >= 0.6 is 7.81 Å². The van der Waals surface area contributed by atoms with Crippen molar-refractivity contribution in [3.8, 4) is 23.0 Å². The molecule has 2 aromatic carbocycles. The van der Waals surface area contributed by atoms with Gasteiger partial charge in [0.25, 0.3) is 0 Å². The second-order valence-corrected chi connectivity index (χ2v) is 10.4. The van der Waals surface area contributed by atoms with Crippen LogP contribution in [0.1, 0.15) is 11.1 Å². The van der Waals surface area contributed by atoms with E-state index in [1.54, 1.807) is 42.7 Å². The molecule has 0 fully saturated rings. The molecule has 0 aliphatic heterocycles. The SMILES string of the molecule is COC1=CC(=[N+](C)C)C=C(OC)C1=C(c1c(OC)cccc1OC)c1c(OC)cccc1OC.F[P-](F)(F)(F)(F)F. The Bertz CT molecular complexity index is 1270. The Morgan fingerprint density at radius 3 is 1.07 bits per heavy atom. The van der Waals surface area contributed by atoms with E-state index >= 15 is 0 Å². The third-order valence-electron chi connectivity index (χ3n) is 5.61. The molecule has 0 bridgehead atoms. The van der Waals surface area contributed by atoms with Crippen molar-refractivity contribution in [2.75, 3.05) is 56.8 Å². The van der Waals surface area contributed by atoms with Gasteiger partial charge in [0.2, 0.25) is 5.71 Å². The molecular formula is C27H32F6NO6P. The number of nitrogens with zero attached hydrogens (tertiary/aromatic N) is 1. The van der Waals surface area contributed by atoms with Crippen LogP contribution in [0.2, 0.25) is 0 Å². The summed E-state index contributed by atoms with van der Waals surface area (Å²) in [5, 5.41) is 0. The van der Waals surface area contributed by atoms with Gasteiger partial charge in [-0.1, -0.05) is 12.1 Å². The van der Waals surface area contributed by atoms with E-state index in [1.165, 1.54) is 0 Å². The van der Waals surface area contributed by atoms with Crippen molar-refractivity contribution in [2.45, 2.75) is 0 Å². The average Bonchev–Trinajstić information content (AvgIpc) is 2.90. The molecule has 2 aromatic rings. The van der Waals surface area contributed by atoms with Crippen LogP contribution in [-0.2, 0) is 9.47 Å². The van der Waals surface area contributed by atoms with Gasteiger partial charge < -0.3 is 28.4 Å². The summed E-state index contributed by atoms with van der Waals surface area (Å²) in [4.78, 5) is 0.